The van der Waals surface area contributed by atoms with Gasteiger partial charge in [0.2, 0.25) is 5.91 Å². The molecule has 1 saturated heterocycles. The van der Waals surface area contributed by atoms with Gasteiger partial charge in [-0.25, -0.2) is 0 Å². The fourth-order valence-electron chi connectivity index (χ4n) is 7.45. The Bertz CT molecular complexity index is 1180. The zero-order valence-corrected chi connectivity index (χ0v) is 21.6. The Kier molecular flexibility index (Phi) is 4.82. The summed E-state index contributed by atoms with van der Waals surface area (Å²) in [6, 6.07) is 6.30. The summed E-state index contributed by atoms with van der Waals surface area (Å²) in [7, 11) is 4.15. The van der Waals surface area contributed by atoms with Crippen LogP contribution >= 0.6 is 27.3 Å². The van der Waals surface area contributed by atoms with Crippen LogP contribution in [-0.2, 0) is 16.6 Å². The first-order valence-corrected chi connectivity index (χ1v) is 13.3. The molecule has 6 rings (SSSR count). The second-order valence-corrected chi connectivity index (χ2v) is 12.2. The molecule has 1 amide bonds. The molecule has 2 aliphatic heterocycles. The number of benzene rings is 1. The first-order chi connectivity index (χ1) is 15.8. The number of amides is 1. The van der Waals surface area contributed by atoms with Crippen molar-refractivity contribution >= 4 is 39.2 Å². The lowest BCUT2D eigenvalue weighted by atomic mass is 9.43. The van der Waals surface area contributed by atoms with Crippen molar-refractivity contribution < 1.29 is 14.6 Å². The van der Waals surface area contributed by atoms with Gasteiger partial charge in [0.1, 0.15) is 6.10 Å². The summed E-state index contributed by atoms with van der Waals surface area (Å²) < 4.78 is 7.70. The molecular weight excluding hydrogens is 500 g/mol. The minimum absolute atomic E-state index is 0.00573. The van der Waals surface area contributed by atoms with E-state index in [9.17, 15) is 9.90 Å². The average Bonchev–Trinajstić information content (AvgIpc) is 3.36. The maximum Gasteiger partial charge on any atom is 0.246 e. The van der Waals surface area contributed by atoms with E-state index in [1.807, 2.05) is 29.5 Å². The number of rotatable bonds is 3. The number of carbonyl (C=O) groups excluding carboxylic acids is 1. The van der Waals surface area contributed by atoms with Gasteiger partial charge in [0.05, 0.1) is 6.04 Å². The highest BCUT2D eigenvalue weighted by atomic mass is 79.9. The second kappa shape index (κ2) is 7.33. The molecule has 7 heteroatoms. The Labute approximate surface area is 207 Å². The molecule has 2 aliphatic carbocycles. The zero-order valence-electron chi connectivity index (χ0n) is 19.2. The van der Waals surface area contributed by atoms with E-state index in [0.29, 0.717) is 11.8 Å². The Morgan fingerprint density at radius 2 is 2.21 bits per heavy atom. The number of carbonyl (C=O) groups is 1. The lowest BCUT2D eigenvalue weighted by molar-refractivity contribution is -0.148. The highest BCUT2D eigenvalue weighted by Crippen LogP contribution is 2.69. The Morgan fingerprint density at radius 3 is 2.97 bits per heavy atom. The molecule has 0 unspecified atom stereocenters. The molecule has 5 atom stereocenters. The molecule has 2 fully saturated rings. The standard InChI is InChI=1S/C26H29BrN2O3S/c1-25-9-8-18(29(3)21(31)7-5-17-13-16(27)14-33-17)24-26(25)10-11-28(2)20(25)12-15-4-6-19(30)23(32-24)22(15)26/h4-7,13-14,18,20,24,30H,8-12H2,1-3H3/b7-5+/t18-,20-,24+,25+,26+/m1/s1. The minimum Gasteiger partial charge on any atom is -0.504 e. The highest BCUT2D eigenvalue weighted by molar-refractivity contribution is 9.10. The number of aromatic hydroxyl groups is 1. The van der Waals surface area contributed by atoms with Crippen molar-refractivity contribution in [3.05, 3.63) is 50.1 Å². The zero-order chi connectivity index (χ0) is 23.1. The number of piperidine rings is 1. The van der Waals surface area contributed by atoms with Gasteiger partial charge in [-0.15, -0.1) is 11.3 Å². The summed E-state index contributed by atoms with van der Waals surface area (Å²) in [5.74, 6) is 0.889. The molecule has 1 spiro atoms. The summed E-state index contributed by atoms with van der Waals surface area (Å²) in [6.07, 6.45) is 7.34. The number of phenolic OH excluding ortho intramolecular Hbond substituents is 1. The molecule has 1 aromatic heterocycles. The molecule has 2 bridgehead atoms. The number of likely N-dealkylation sites (N-methyl/N-ethyl adjacent to an activating group) is 2. The van der Waals surface area contributed by atoms with Gasteiger partial charge in [0.15, 0.2) is 11.5 Å². The first kappa shape index (κ1) is 21.7. The van der Waals surface area contributed by atoms with Crippen LogP contribution < -0.4 is 4.74 Å². The van der Waals surface area contributed by atoms with Gasteiger partial charge in [-0.3, -0.25) is 4.79 Å². The highest BCUT2D eigenvalue weighted by Gasteiger charge is 2.71. The van der Waals surface area contributed by atoms with E-state index in [1.54, 1.807) is 23.5 Å². The van der Waals surface area contributed by atoms with E-state index < -0.39 is 0 Å². The summed E-state index contributed by atoms with van der Waals surface area (Å²) in [4.78, 5) is 18.7. The molecule has 1 aromatic carbocycles. The molecule has 1 N–H and O–H groups in total. The number of ether oxygens (including phenoxy) is 1. The number of phenols is 1. The van der Waals surface area contributed by atoms with Gasteiger partial charge in [-0.1, -0.05) is 13.0 Å². The molecule has 33 heavy (non-hydrogen) atoms. The number of hydrogen-bond acceptors (Lipinski definition) is 5. The van der Waals surface area contributed by atoms with Crippen molar-refractivity contribution in [1.29, 1.82) is 0 Å². The van der Waals surface area contributed by atoms with Crippen molar-refractivity contribution in [2.24, 2.45) is 5.41 Å². The third-order valence-corrected chi connectivity index (χ3v) is 10.7. The van der Waals surface area contributed by atoms with Gasteiger partial charge < -0.3 is 19.6 Å². The Hall–Kier alpha value is -1.83. The third kappa shape index (κ3) is 2.82. The van der Waals surface area contributed by atoms with E-state index in [-0.39, 0.29) is 34.6 Å². The van der Waals surface area contributed by atoms with Gasteiger partial charge in [0.25, 0.3) is 0 Å². The predicted octanol–water partition coefficient (Wildman–Crippen LogP) is 4.82. The van der Waals surface area contributed by atoms with Crippen molar-refractivity contribution in [3.63, 3.8) is 0 Å². The summed E-state index contributed by atoms with van der Waals surface area (Å²) in [5, 5.41) is 12.8. The maximum absolute atomic E-state index is 13.2. The first-order valence-electron chi connectivity index (χ1n) is 11.7. The van der Waals surface area contributed by atoms with Crippen LogP contribution in [0.5, 0.6) is 11.5 Å². The molecule has 1 saturated carbocycles. The molecule has 174 valence electrons. The number of hydrogen-bond donors (Lipinski definition) is 1. The Morgan fingerprint density at radius 1 is 1.39 bits per heavy atom. The van der Waals surface area contributed by atoms with Gasteiger partial charge in [0, 0.05) is 44.9 Å². The van der Waals surface area contributed by atoms with Crippen LogP contribution in [0.3, 0.4) is 0 Å². The van der Waals surface area contributed by atoms with E-state index in [1.165, 1.54) is 11.1 Å². The second-order valence-electron chi connectivity index (χ2n) is 10.4. The number of thiophene rings is 1. The van der Waals surface area contributed by atoms with E-state index in [4.69, 9.17) is 4.74 Å². The predicted molar refractivity (Wildman–Crippen MR) is 134 cm³/mol. The molecule has 5 nitrogen and oxygen atoms in total. The smallest absolute Gasteiger partial charge is 0.246 e. The molecule has 3 heterocycles. The van der Waals surface area contributed by atoms with Crippen LogP contribution in [0.4, 0.5) is 0 Å². The monoisotopic (exact) mass is 528 g/mol. The van der Waals surface area contributed by atoms with Crippen molar-refractivity contribution in [1.82, 2.24) is 9.80 Å². The van der Waals surface area contributed by atoms with Crippen LogP contribution in [0.15, 0.2) is 34.1 Å². The quantitative estimate of drug-likeness (QED) is 0.580. The third-order valence-electron chi connectivity index (χ3n) is 9.09. The molecule has 2 aromatic rings. The summed E-state index contributed by atoms with van der Waals surface area (Å²) in [6.45, 7) is 3.44. The average molecular weight is 530 g/mol. The SMILES string of the molecule is CN1CC[C@]23c4c5ccc(O)c4O[C@H]2[C@H](N(C)C(=O)/C=C/c2cc(Br)cs2)CC[C@@]3(C)[C@H]1C5. The van der Waals surface area contributed by atoms with Crippen molar-refractivity contribution in [2.75, 3.05) is 20.6 Å². The normalized spacial score (nSPS) is 34.2. The Balaban J connectivity index is 1.39. The summed E-state index contributed by atoms with van der Waals surface area (Å²) in [5.41, 5.74) is 2.41. The maximum atomic E-state index is 13.2. The van der Waals surface area contributed by atoms with E-state index in [0.717, 1.165) is 41.6 Å². The number of likely N-dealkylation sites (tertiary alicyclic amines) is 1. The molecule has 4 aliphatic rings. The van der Waals surface area contributed by atoms with Crippen molar-refractivity contribution in [2.45, 2.75) is 56.2 Å². The molecular formula is C26H29BrN2O3S. The largest absolute Gasteiger partial charge is 0.504 e. The van der Waals surface area contributed by atoms with Crippen LogP contribution in [0.25, 0.3) is 6.08 Å². The van der Waals surface area contributed by atoms with Gasteiger partial charge in [-0.05, 0) is 84.4 Å². The van der Waals surface area contributed by atoms with Crippen LogP contribution in [-0.4, -0.2) is 59.6 Å². The van der Waals surface area contributed by atoms with Crippen LogP contribution in [0.2, 0.25) is 0 Å². The lowest BCUT2D eigenvalue weighted by Gasteiger charge is -2.65. The number of halogens is 1. The minimum atomic E-state index is -0.175. The number of nitrogens with zero attached hydrogens (tertiary/aromatic N) is 2. The van der Waals surface area contributed by atoms with Crippen molar-refractivity contribution in [3.8, 4) is 11.5 Å². The molecule has 0 radical (unpaired) electrons. The summed E-state index contributed by atoms with van der Waals surface area (Å²) >= 11 is 5.08. The fraction of sp³-hybridized carbons (Fsp3) is 0.500. The van der Waals surface area contributed by atoms with Gasteiger partial charge in [-0.2, -0.15) is 0 Å². The van der Waals surface area contributed by atoms with E-state index >= 15 is 0 Å². The van der Waals surface area contributed by atoms with Gasteiger partial charge >= 0.3 is 0 Å². The topological polar surface area (TPSA) is 53.0 Å². The lowest BCUT2D eigenvalue weighted by Crippen LogP contribution is -2.73. The fourth-order valence-corrected chi connectivity index (χ4v) is 8.79. The van der Waals surface area contributed by atoms with Crippen LogP contribution in [0, 0.1) is 5.41 Å². The van der Waals surface area contributed by atoms with Crippen LogP contribution in [0.1, 0.15) is 42.2 Å². The van der Waals surface area contributed by atoms with E-state index in [2.05, 4.69) is 40.9 Å².